The molecule has 88 valence electrons. The van der Waals surface area contributed by atoms with Gasteiger partial charge in [-0.15, -0.1) is 0 Å². The first-order valence-electron chi connectivity index (χ1n) is 4.71. The largest absolute Gasteiger partial charge is 0.507 e. The molecular formula is C12H7F3O2. The minimum absolute atomic E-state index is 0.122. The number of rotatable bonds is 1. The molecule has 0 aliphatic heterocycles. The molecule has 0 unspecified atom stereocenters. The Bertz CT molecular complexity index is 588. The zero-order valence-electron chi connectivity index (χ0n) is 8.45. The van der Waals surface area contributed by atoms with E-state index in [1.165, 1.54) is 24.3 Å². The first kappa shape index (κ1) is 11.4. The fraction of sp³-hybridized carbons (Fsp3) is 0.0833. The molecule has 5 heteroatoms. The molecule has 0 aliphatic carbocycles. The summed E-state index contributed by atoms with van der Waals surface area (Å²) in [6.07, 6.45) is -4.08. The van der Waals surface area contributed by atoms with Crippen LogP contribution in [0.25, 0.3) is 10.8 Å². The molecule has 0 radical (unpaired) electrons. The lowest BCUT2D eigenvalue weighted by atomic mass is 10.0. The van der Waals surface area contributed by atoms with Gasteiger partial charge in [-0.1, -0.05) is 18.2 Å². The Labute approximate surface area is 94.3 Å². The number of carbonyl (C=O) groups is 1. The summed E-state index contributed by atoms with van der Waals surface area (Å²) in [6.45, 7) is 0. The number of aromatic hydroxyl groups is 1. The molecule has 2 aromatic carbocycles. The number of alkyl halides is 3. The van der Waals surface area contributed by atoms with Crippen LogP contribution in [-0.4, -0.2) is 11.4 Å². The van der Waals surface area contributed by atoms with E-state index in [0.717, 1.165) is 6.07 Å². The second kappa shape index (κ2) is 3.76. The van der Waals surface area contributed by atoms with Crippen LogP contribution in [0.4, 0.5) is 13.2 Å². The normalized spacial score (nSPS) is 11.7. The van der Waals surface area contributed by atoms with Crippen molar-refractivity contribution in [3.8, 4) is 5.75 Å². The fourth-order valence-corrected chi connectivity index (χ4v) is 1.71. The van der Waals surface area contributed by atoms with Gasteiger partial charge in [0.15, 0.2) is 0 Å². The summed E-state index contributed by atoms with van der Waals surface area (Å²) >= 11 is 0. The summed E-state index contributed by atoms with van der Waals surface area (Å²) in [4.78, 5) is 10.5. The second-order valence-electron chi connectivity index (χ2n) is 3.56. The van der Waals surface area contributed by atoms with Crippen molar-refractivity contribution in [2.75, 3.05) is 0 Å². The Balaban J connectivity index is 2.82. The summed E-state index contributed by atoms with van der Waals surface area (Å²) in [6, 6.07) is 6.12. The van der Waals surface area contributed by atoms with Gasteiger partial charge in [0.2, 0.25) is 0 Å². The number of fused-ring (bicyclic) bond motifs is 1. The van der Waals surface area contributed by atoms with E-state index in [4.69, 9.17) is 0 Å². The maximum Gasteiger partial charge on any atom is 0.420 e. The third-order valence-electron chi connectivity index (χ3n) is 2.44. The average Bonchev–Trinajstić information content (AvgIpc) is 2.26. The number of aldehydes is 1. The van der Waals surface area contributed by atoms with Crippen molar-refractivity contribution < 1.29 is 23.1 Å². The van der Waals surface area contributed by atoms with Gasteiger partial charge >= 0.3 is 6.18 Å². The molecule has 0 spiro atoms. The Morgan fingerprint density at radius 3 is 2.41 bits per heavy atom. The number of hydrogen-bond acceptors (Lipinski definition) is 2. The number of halogens is 3. The molecule has 0 saturated carbocycles. The van der Waals surface area contributed by atoms with Crippen molar-refractivity contribution in [2.24, 2.45) is 0 Å². The van der Waals surface area contributed by atoms with Crippen LogP contribution < -0.4 is 0 Å². The van der Waals surface area contributed by atoms with Crippen molar-refractivity contribution in [1.82, 2.24) is 0 Å². The maximum absolute atomic E-state index is 12.7. The summed E-state index contributed by atoms with van der Waals surface area (Å²) < 4.78 is 38.2. The minimum atomic E-state index is -4.63. The quantitative estimate of drug-likeness (QED) is 0.776. The molecule has 0 saturated heterocycles. The van der Waals surface area contributed by atoms with Crippen LogP contribution in [0.15, 0.2) is 30.3 Å². The number of phenols is 1. The fourth-order valence-electron chi connectivity index (χ4n) is 1.71. The highest BCUT2D eigenvalue weighted by Gasteiger charge is 2.35. The van der Waals surface area contributed by atoms with E-state index >= 15 is 0 Å². The molecule has 2 nitrogen and oxygen atoms in total. The first-order chi connectivity index (χ1) is 7.93. The second-order valence-corrected chi connectivity index (χ2v) is 3.56. The lowest BCUT2D eigenvalue weighted by Gasteiger charge is -2.12. The van der Waals surface area contributed by atoms with E-state index in [9.17, 15) is 23.1 Å². The highest BCUT2D eigenvalue weighted by Crippen LogP contribution is 2.40. The van der Waals surface area contributed by atoms with E-state index in [1.54, 1.807) is 0 Å². The standard InChI is InChI=1S/C12H7F3O2/c13-12(14,15)11-9-3-1-7(6-16)5-8(9)2-4-10(11)17/h1-6,17H. The van der Waals surface area contributed by atoms with Gasteiger partial charge < -0.3 is 5.11 Å². The minimum Gasteiger partial charge on any atom is -0.507 e. The summed E-state index contributed by atoms with van der Waals surface area (Å²) in [7, 11) is 0. The maximum atomic E-state index is 12.7. The van der Waals surface area contributed by atoms with E-state index < -0.39 is 17.5 Å². The monoisotopic (exact) mass is 240 g/mol. The predicted octanol–water partition coefficient (Wildman–Crippen LogP) is 3.38. The van der Waals surface area contributed by atoms with Gasteiger partial charge in [-0.25, -0.2) is 0 Å². The van der Waals surface area contributed by atoms with Gasteiger partial charge in [0.1, 0.15) is 17.6 Å². The van der Waals surface area contributed by atoms with Crippen molar-refractivity contribution in [3.63, 3.8) is 0 Å². The highest BCUT2D eigenvalue weighted by molar-refractivity contribution is 5.92. The van der Waals surface area contributed by atoms with Crippen LogP contribution in [-0.2, 0) is 6.18 Å². The molecule has 2 rings (SSSR count). The van der Waals surface area contributed by atoms with Crippen LogP contribution in [0.3, 0.4) is 0 Å². The first-order valence-corrected chi connectivity index (χ1v) is 4.71. The number of carbonyl (C=O) groups excluding carboxylic acids is 1. The molecule has 0 heterocycles. The predicted molar refractivity (Wildman–Crippen MR) is 56.0 cm³/mol. The third-order valence-corrected chi connectivity index (χ3v) is 2.44. The van der Waals surface area contributed by atoms with Gasteiger partial charge in [0.05, 0.1) is 0 Å². The molecule has 0 amide bonds. The Morgan fingerprint density at radius 1 is 1.12 bits per heavy atom. The Morgan fingerprint density at radius 2 is 1.82 bits per heavy atom. The zero-order chi connectivity index (χ0) is 12.6. The van der Waals surface area contributed by atoms with Crippen molar-refractivity contribution in [2.45, 2.75) is 6.18 Å². The van der Waals surface area contributed by atoms with E-state index in [-0.39, 0.29) is 16.3 Å². The van der Waals surface area contributed by atoms with Gasteiger partial charge in [-0.2, -0.15) is 13.2 Å². The smallest absolute Gasteiger partial charge is 0.420 e. The van der Waals surface area contributed by atoms with Crippen molar-refractivity contribution >= 4 is 17.1 Å². The van der Waals surface area contributed by atoms with E-state index in [0.29, 0.717) is 6.29 Å². The average molecular weight is 240 g/mol. The van der Waals surface area contributed by atoms with Crippen molar-refractivity contribution in [1.29, 1.82) is 0 Å². The van der Waals surface area contributed by atoms with Crippen LogP contribution in [0.5, 0.6) is 5.75 Å². The molecule has 2 aromatic rings. The number of phenolic OH excluding ortho intramolecular Hbond substituents is 1. The number of hydrogen-bond donors (Lipinski definition) is 1. The SMILES string of the molecule is O=Cc1ccc2c(C(F)(F)F)c(O)ccc2c1. The van der Waals surface area contributed by atoms with Gasteiger partial charge in [0.25, 0.3) is 0 Å². The Kier molecular flexibility index (Phi) is 2.53. The highest BCUT2D eigenvalue weighted by atomic mass is 19.4. The topological polar surface area (TPSA) is 37.3 Å². The van der Waals surface area contributed by atoms with Gasteiger partial charge in [-0.3, -0.25) is 4.79 Å². The molecular weight excluding hydrogens is 233 g/mol. The molecule has 0 aliphatic rings. The van der Waals surface area contributed by atoms with Crippen molar-refractivity contribution in [3.05, 3.63) is 41.5 Å². The lowest BCUT2D eigenvalue weighted by Crippen LogP contribution is -2.06. The molecule has 0 atom stereocenters. The number of benzene rings is 2. The van der Waals surface area contributed by atoms with Crippen LogP contribution in [0.2, 0.25) is 0 Å². The van der Waals surface area contributed by atoms with Gasteiger partial charge in [0, 0.05) is 5.56 Å². The van der Waals surface area contributed by atoms with Gasteiger partial charge in [-0.05, 0) is 22.9 Å². The Hall–Kier alpha value is -2.04. The summed E-state index contributed by atoms with van der Waals surface area (Å²) in [5, 5.41) is 9.42. The molecule has 0 fully saturated rings. The molecule has 17 heavy (non-hydrogen) atoms. The van der Waals surface area contributed by atoms with E-state index in [2.05, 4.69) is 0 Å². The van der Waals surface area contributed by atoms with Crippen LogP contribution in [0.1, 0.15) is 15.9 Å². The molecule has 0 aromatic heterocycles. The van der Waals surface area contributed by atoms with E-state index in [1.807, 2.05) is 0 Å². The molecule has 0 bridgehead atoms. The summed E-state index contributed by atoms with van der Waals surface area (Å²) in [5.41, 5.74) is -0.788. The zero-order valence-corrected chi connectivity index (χ0v) is 8.45. The van der Waals surface area contributed by atoms with Crippen LogP contribution in [0, 0.1) is 0 Å². The summed E-state index contributed by atoms with van der Waals surface area (Å²) in [5.74, 6) is -0.816. The van der Waals surface area contributed by atoms with Crippen LogP contribution >= 0.6 is 0 Å². The third kappa shape index (κ3) is 1.95. The molecule has 1 N–H and O–H groups in total. The lowest BCUT2D eigenvalue weighted by molar-refractivity contribution is -0.137.